The van der Waals surface area contributed by atoms with Crippen molar-refractivity contribution in [1.29, 1.82) is 0 Å². The Morgan fingerprint density at radius 3 is 2.85 bits per heavy atom. The van der Waals surface area contributed by atoms with Crippen molar-refractivity contribution >= 4 is 11.6 Å². The van der Waals surface area contributed by atoms with Crippen LogP contribution in [0.25, 0.3) is 0 Å². The van der Waals surface area contributed by atoms with E-state index in [1.54, 1.807) is 7.11 Å². The number of hydrogen-bond acceptors (Lipinski definition) is 2. The van der Waals surface area contributed by atoms with Crippen LogP contribution in [0.4, 0.5) is 0 Å². The van der Waals surface area contributed by atoms with E-state index in [9.17, 15) is 0 Å². The van der Waals surface area contributed by atoms with Crippen LogP contribution in [-0.2, 0) is 4.74 Å². The molecule has 108 valence electrons. The molecule has 1 fully saturated rings. The van der Waals surface area contributed by atoms with Gasteiger partial charge < -0.3 is 9.47 Å². The van der Waals surface area contributed by atoms with Crippen LogP contribution < -0.4 is 4.74 Å². The quantitative estimate of drug-likeness (QED) is 0.621. The normalized spacial score (nSPS) is 21.9. The van der Waals surface area contributed by atoms with Gasteiger partial charge in [0.25, 0.3) is 0 Å². The standard InChI is InChI=1S/C17H21ClO2/c1-13-8-9-17(14(11-13)5-4-10-18)20-16-7-3-6-15(12-16)19-2/h8-9,11,15-16H,3,6-7,10,12H2,1-2H3. The van der Waals surface area contributed by atoms with Gasteiger partial charge in [-0.3, -0.25) is 0 Å². The van der Waals surface area contributed by atoms with Crippen LogP contribution >= 0.6 is 11.6 Å². The summed E-state index contributed by atoms with van der Waals surface area (Å²) < 4.78 is 11.6. The van der Waals surface area contributed by atoms with E-state index in [0.717, 1.165) is 37.0 Å². The second-order valence-corrected chi connectivity index (χ2v) is 5.47. The van der Waals surface area contributed by atoms with E-state index in [2.05, 4.69) is 24.8 Å². The summed E-state index contributed by atoms with van der Waals surface area (Å²) in [6, 6.07) is 6.10. The molecule has 1 aromatic carbocycles. The molecule has 2 nitrogen and oxygen atoms in total. The fraction of sp³-hybridized carbons (Fsp3) is 0.529. The van der Waals surface area contributed by atoms with Gasteiger partial charge in [0.2, 0.25) is 0 Å². The molecule has 0 spiro atoms. The molecule has 0 heterocycles. The molecule has 0 saturated heterocycles. The van der Waals surface area contributed by atoms with Gasteiger partial charge in [0.05, 0.1) is 17.5 Å². The number of methoxy groups -OCH3 is 1. The molecule has 0 N–H and O–H groups in total. The summed E-state index contributed by atoms with van der Waals surface area (Å²) in [6.07, 6.45) is 4.84. The lowest BCUT2D eigenvalue weighted by Crippen LogP contribution is -2.29. The zero-order valence-electron chi connectivity index (χ0n) is 12.1. The van der Waals surface area contributed by atoms with Crippen molar-refractivity contribution in [2.45, 2.75) is 44.8 Å². The number of hydrogen-bond donors (Lipinski definition) is 0. The van der Waals surface area contributed by atoms with Gasteiger partial charge in [0, 0.05) is 13.5 Å². The Kier molecular flexibility index (Phi) is 5.76. The van der Waals surface area contributed by atoms with Gasteiger partial charge in [-0.15, -0.1) is 11.6 Å². The third kappa shape index (κ3) is 4.16. The number of ether oxygens (including phenoxy) is 2. The number of benzene rings is 1. The van der Waals surface area contributed by atoms with Crippen molar-refractivity contribution < 1.29 is 9.47 Å². The van der Waals surface area contributed by atoms with E-state index in [0.29, 0.717) is 12.0 Å². The Bertz CT molecular complexity index is 501. The number of aryl methyl sites for hydroxylation is 1. The van der Waals surface area contributed by atoms with E-state index in [1.165, 1.54) is 5.56 Å². The number of alkyl halides is 1. The molecule has 2 unspecified atom stereocenters. The predicted molar refractivity (Wildman–Crippen MR) is 82.5 cm³/mol. The highest BCUT2D eigenvalue weighted by Gasteiger charge is 2.23. The monoisotopic (exact) mass is 292 g/mol. The molecule has 3 heteroatoms. The highest BCUT2D eigenvalue weighted by atomic mass is 35.5. The Labute approximate surface area is 126 Å². The maximum Gasteiger partial charge on any atom is 0.135 e. The number of rotatable bonds is 3. The topological polar surface area (TPSA) is 18.5 Å². The fourth-order valence-corrected chi connectivity index (χ4v) is 2.64. The Hall–Kier alpha value is -1.17. The van der Waals surface area contributed by atoms with E-state index >= 15 is 0 Å². The van der Waals surface area contributed by atoms with Gasteiger partial charge in [-0.2, -0.15) is 0 Å². The first kappa shape index (κ1) is 15.2. The summed E-state index contributed by atoms with van der Waals surface area (Å²) in [4.78, 5) is 0. The summed E-state index contributed by atoms with van der Waals surface area (Å²) in [5.41, 5.74) is 2.10. The van der Waals surface area contributed by atoms with E-state index in [4.69, 9.17) is 21.1 Å². The molecule has 1 aliphatic carbocycles. The third-order valence-electron chi connectivity index (χ3n) is 3.63. The predicted octanol–water partition coefficient (Wildman–Crippen LogP) is 3.92. The minimum atomic E-state index is 0.216. The lowest BCUT2D eigenvalue weighted by atomic mass is 9.95. The smallest absolute Gasteiger partial charge is 0.135 e. The summed E-state index contributed by atoms with van der Waals surface area (Å²) in [5.74, 6) is 7.17. The summed E-state index contributed by atoms with van der Waals surface area (Å²) >= 11 is 5.64. The first-order chi connectivity index (χ1) is 9.72. The van der Waals surface area contributed by atoms with Crippen LogP contribution in [0.3, 0.4) is 0 Å². The minimum Gasteiger partial charge on any atom is -0.489 e. The summed E-state index contributed by atoms with van der Waals surface area (Å²) in [5, 5.41) is 0. The molecular formula is C17H21ClO2. The van der Waals surface area contributed by atoms with Crippen LogP contribution in [0.2, 0.25) is 0 Å². The molecule has 2 rings (SSSR count). The molecule has 1 saturated carbocycles. The molecule has 0 radical (unpaired) electrons. The third-order valence-corrected chi connectivity index (χ3v) is 3.76. The number of halogens is 1. The second-order valence-electron chi connectivity index (χ2n) is 5.20. The lowest BCUT2D eigenvalue weighted by molar-refractivity contribution is 0.0209. The largest absolute Gasteiger partial charge is 0.489 e. The van der Waals surface area contributed by atoms with E-state index in [1.807, 2.05) is 12.1 Å². The van der Waals surface area contributed by atoms with Crippen LogP contribution in [0.5, 0.6) is 5.75 Å². The van der Waals surface area contributed by atoms with Gasteiger partial charge in [0.1, 0.15) is 11.9 Å². The minimum absolute atomic E-state index is 0.216. The van der Waals surface area contributed by atoms with Crippen molar-refractivity contribution in [2.24, 2.45) is 0 Å². The second kappa shape index (κ2) is 7.57. The molecule has 0 aromatic heterocycles. The highest BCUT2D eigenvalue weighted by molar-refractivity contribution is 6.19. The Morgan fingerprint density at radius 2 is 2.10 bits per heavy atom. The van der Waals surface area contributed by atoms with Crippen molar-refractivity contribution in [3.05, 3.63) is 29.3 Å². The molecule has 0 amide bonds. The van der Waals surface area contributed by atoms with Crippen LogP contribution in [-0.4, -0.2) is 25.2 Å². The fourth-order valence-electron chi connectivity index (χ4n) is 2.58. The molecule has 0 aliphatic heterocycles. The van der Waals surface area contributed by atoms with Crippen molar-refractivity contribution in [2.75, 3.05) is 13.0 Å². The zero-order valence-corrected chi connectivity index (χ0v) is 12.9. The van der Waals surface area contributed by atoms with Crippen LogP contribution in [0, 0.1) is 18.8 Å². The van der Waals surface area contributed by atoms with Gasteiger partial charge >= 0.3 is 0 Å². The van der Waals surface area contributed by atoms with Crippen molar-refractivity contribution in [3.63, 3.8) is 0 Å². The Morgan fingerprint density at radius 1 is 1.30 bits per heavy atom. The van der Waals surface area contributed by atoms with Crippen LogP contribution in [0.15, 0.2) is 18.2 Å². The SMILES string of the molecule is COC1CCCC(Oc2ccc(C)cc2C#CCCl)C1. The average Bonchev–Trinajstić information content (AvgIpc) is 2.47. The maximum absolute atomic E-state index is 6.14. The molecule has 20 heavy (non-hydrogen) atoms. The summed E-state index contributed by atoms with van der Waals surface area (Å²) in [7, 11) is 1.77. The van der Waals surface area contributed by atoms with E-state index < -0.39 is 0 Å². The van der Waals surface area contributed by atoms with Gasteiger partial charge in [-0.25, -0.2) is 0 Å². The first-order valence-electron chi connectivity index (χ1n) is 7.08. The summed E-state index contributed by atoms with van der Waals surface area (Å²) in [6.45, 7) is 2.05. The maximum atomic E-state index is 6.14. The van der Waals surface area contributed by atoms with Crippen LogP contribution in [0.1, 0.15) is 36.8 Å². The molecular weight excluding hydrogens is 272 g/mol. The molecule has 0 bridgehead atoms. The molecule has 1 aliphatic rings. The first-order valence-corrected chi connectivity index (χ1v) is 7.61. The van der Waals surface area contributed by atoms with Gasteiger partial charge in [0.15, 0.2) is 0 Å². The molecule has 2 atom stereocenters. The molecule has 1 aromatic rings. The highest BCUT2D eigenvalue weighted by Crippen LogP contribution is 2.27. The van der Waals surface area contributed by atoms with Crippen molar-refractivity contribution in [3.8, 4) is 17.6 Å². The van der Waals surface area contributed by atoms with E-state index in [-0.39, 0.29) is 6.10 Å². The average molecular weight is 293 g/mol. The Balaban J connectivity index is 2.12. The lowest BCUT2D eigenvalue weighted by Gasteiger charge is -2.29. The zero-order chi connectivity index (χ0) is 14.4. The van der Waals surface area contributed by atoms with Gasteiger partial charge in [-0.05, 0) is 43.9 Å². The van der Waals surface area contributed by atoms with Crippen molar-refractivity contribution in [1.82, 2.24) is 0 Å². The van der Waals surface area contributed by atoms with Gasteiger partial charge in [-0.1, -0.05) is 17.9 Å².